The third-order valence-electron chi connectivity index (χ3n) is 2.07. The number of hydroxylamine groups is 1. The summed E-state index contributed by atoms with van der Waals surface area (Å²) in [6.45, 7) is 0. The van der Waals surface area contributed by atoms with Gasteiger partial charge in [0.2, 0.25) is 0 Å². The zero-order valence-corrected chi connectivity index (χ0v) is 14.4. The summed E-state index contributed by atoms with van der Waals surface area (Å²) in [5.41, 5.74) is 3.97. The third kappa shape index (κ3) is 3.91. The van der Waals surface area contributed by atoms with Gasteiger partial charge in [-0.1, -0.05) is 71.5 Å². The summed E-state index contributed by atoms with van der Waals surface area (Å²) in [6, 6.07) is 7.52. The molecule has 0 spiro atoms. The average Bonchev–Trinajstić information content (AvgIpc) is 2.77. The van der Waals surface area contributed by atoms with Crippen molar-refractivity contribution in [3.63, 3.8) is 0 Å². The van der Waals surface area contributed by atoms with Crippen LogP contribution in [-0.4, -0.2) is 7.32 Å². The van der Waals surface area contributed by atoms with Gasteiger partial charge in [-0.25, -0.2) is 0 Å². The Bertz CT molecular complexity index is 482. The lowest BCUT2D eigenvalue weighted by Gasteiger charge is -2.16. The van der Waals surface area contributed by atoms with Gasteiger partial charge in [0.05, 0.1) is 12.4 Å². The number of rotatable bonds is 2. The van der Waals surface area contributed by atoms with E-state index in [1.807, 2.05) is 30.3 Å². The fourth-order valence-electron chi connectivity index (χ4n) is 1.22. The highest BCUT2D eigenvalue weighted by atomic mass is 80.0. The number of nitrogens with one attached hydrogen (secondary N) is 1. The second-order valence-electron chi connectivity index (χ2n) is 3.42. The molecule has 0 aromatic heterocycles. The van der Waals surface area contributed by atoms with Gasteiger partial charge in [-0.05, 0) is 23.8 Å². The Hall–Kier alpha value is -0.170. The van der Waals surface area contributed by atoms with Gasteiger partial charge in [-0.2, -0.15) is 0 Å². The second kappa shape index (κ2) is 5.86. The number of hydrogen-bond donors (Lipinski definition) is 1. The summed E-state index contributed by atoms with van der Waals surface area (Å²) in [6.07, 6.45) is 5.40. The zero-order chi connectivity index (χ0) is 13.2. The van der Waals surface area contributed by atoms with Crippen LogP contribution < -0.4 is 5.43 Å². The number of benzene rings is 1. The normalized spacial score (nSPS) is 15.6. The van der Waals surface area contributed by atoms with Gasteiger partial charge < -0.3 is 4.84 Å². The molecular formula is C11H8Br3ClN2O. The van der Waals surface area contributed by atoms with Crippen molar-refractivity contribution in [1.29, 1.82) is 0 Å². The number of halogens is 4. The van der Waals surface area contributed by atoms with Crippen molar-refractivity contribution in [2.75, 3.05) is 0 Å². The van der Waals surface area contributed by atoms with Crippen LogP contribution in [0.5, 0.6) is 0 Å². The molecular weight excluding hydrogens is 451 g/mol. The molecule has 2 rings (SSSR count). The van der Waals surface area contributed by atoms with Crippen molar-refractivity contribution in [3.05, 3.63) is 53.0 Å². The highest BCUT2D eigenvalue weighted by Crippen LogP contribution is 2.42. The van der Waals surface area contributed by atoms with Crippen LogP contribution in [0.2, 0.25) is 5.02 Å². The van der Waals surface area contributed by atoms with Gasteiger partial charge in [0.15, 0.2) is 7.90 Å². The Balaban J connectivity index is 1.95. The van der Waals surface area contributed by atoms with Crippen molar-refractivity contribution in [3.8, 4) is 0 Å². The molecule has 0 radical (unpaired) electrons. The average molecular weight is 459 g/mol. The SMILES string of the molecule is Clc1ccc(/C=C/N2NC=C(C(Br)(Br)Br)O2)cc1. The molecule has 0 fully saturated rings. The standard InChI is InChI=1S/C11H8Br3ClN2O/c12-11(13,14)10-7-16-17(18-10)6-5-8-1-3-9(15)4-2-8/h1-7,16H/b6-5+. The van der Waals surface area contributed by atoms with E-state index in [1.165, 1.54) is 5.17 Å². The molecule has 0 unspecified atom stereocenters. The van der Waals surface area contributed by atoms with Crippen molar-refractivity contribution in [1.82, 2.24) is 10.6 Å². The van der Waals surface area contributed by atoms with E-state index in [9.17, 15) is 0 Å². The van der Waals surface area contributed by atoms with Crippen LogP contribution in [0.15, 0.2) is 42.4 Å². The molecule has 0 bridgehead atoms. The third-order valence-corrected chi connectivity index (χ3v) is 3.50. The largest absolute Gasteiger partial charge is 0.359 e. The Labute approximate surface area is 135 Å². The number of allylic oxidation sites excluding steroid dienone is 1. The summed E-state index contributed by atoms with van der Waals surface area (Å²) in [5.74, 6) is 0.656. The summed E-state index contributed by atoms with van der Waals surface area (Å²) in [7, 11) is 0. The molecule has 3 nitrogen and oxygen atoms in total. The Morgan fingerprint density at radius 2 is 1.89 bits per heavy atom. The van der Waals surface area contributed by atoms with E-state index in [-0.39, 0.29) is 0 Å². The number of hydrazine groups is 1. The quantitative estimate of drug-likeness (QED) is 0.647. The van der Waals surface area contributed by atoms with Crippen molar-refractivity contribution < 1.29 is 4.84 Å². The number of hydrogen-bond acceptors (Lipinski definition) is 3. The molecule has 1 aromatic rings. The highest BCUT2D eigenvalue weighted by Gasteiger charge is 2.31. The maximum atomic E-state index is 5.81. The molecule has 96 valence electrons. The first-order valence-electron chi connectivity index (χ1n) is 4.90. The minimum atomic E-state index is -0.567. The fraction of sp³-hybridized carbons (Fsp3) is 0.0909. The molecule has 0 saturated heterocycles. The first-order chi connectivity index (χ1) is 8.45. The maximum Gasteiger partial charge on any atom is 0.196 e. The van der Waals surface area contributed by atoms with Gasteiger partial charge in [-0.15, -0.1) is 5.17 Å². The summed E-state index contributed by atoms with van der Waals surface area (Å²) in [5, 5.41) is 2.21. The molecule has 0 atom stereocenters. The molecule has 0 amide bonds. The molecule has 0 aliphatic carbocycles. The predicted molar refractivity (Wildman–Crippen MR) is 84.1 cm³/mol. The lowest BCUT2D eigenvalue weighted by Crippen LogP contribution is -2.22. The van der Waals surface area contributed by atoms with Gasteiger partial charge in [0, 0.05) is 5.02 Å². The van der Waals surface area contributed by atoms with Crippen LogP contribution in [0.4, 0.5) is 0 Å². The van der Waals surface area contributed by atoms with Crippen LogP contribution in [-0.2, 0) is 4.84 Å². The fourth-order valence-corrected chi connectivity index (χ4v) is 1.90. The van der Waals surface area contributed by atoms with Gasteiger partial charge in [0.1, 0.15) is 0 Å². The summed E-state index contributed by atoms with van der Waals surface area (Å²) < 4.78 is -0.567. The Morgan fingerprint density at radius 1 is 1.22 bits per heavy atom. The van der Waals surface area contributed by atoms with E-state index in [0.717, 1.165) is 5.56 Å². The predicted octanol–water partition coefficient (Wildman–Crippen LogP) is 4.74. The van der Waals surface area contributed by atoms with Gasteiger partial charge >= 0.3 is 0 Å². The molecule has 1 aromatic carbocycles. The van der Waals surface area contributed by atoms with Crippen molar-refractivity contribution in [2.45, 2.75) is 2.14 Å². The van der Waals surface area contributed by atoms with E-state index in [4.69, 9.17) is 16.4 Å². The second-order valence-corrected chi connectivity index (χ2v) is 10.6. The summed E-state index contributed by atoms with van der Waals surface area (Å²) in [4.78, 5) is 5.50. The smallest absolute Gasteiger partial charge is 0.196 e. The minimum Gasteiger partial charge on any atom is -0.359 e. The number of alkyl halides is 3. The van der Waals surface area contributed by atoms with Gasteiger partial charge in [0.25, 0.3) is 0 Å². The molecule has 7 heteroatoms. The van der Waals surface area contributed by atoms with Crippen LogP contribution in [0, 0.1) is 0 Å². The van der Waals surface area contributed by atoms with Crippen LogP contribution in [0.25, 0.3) is 6.08 Å². The van der Waals surface area contributed by atoms with E-state index < -0.39 is 2.14 Å². The lowest BCUT2D eigenvalue weighted by molar-refractivity contribution is -0.0788. The summed E-state index contributed by atoms with van der Waals surface area (Å²) >= 11 is 15.9. The lowest BCUT2D eigenvalue weighted by atomic mass is 10.2. The van der Waals surface area contributed by atoms with E-state index in [0.29, 0.717) is 10.8 Å². The molecule has 1 aliphatic rings. The molecule has 1 N–H and O–H groups in total. The van der Waals surface area contributed by atoms with Crippen LogP contribution >= 0.6 is 59.4 Å². The molecule has 1 heterocycles. The first-order valence-corrected chi connectivity index (χ1v) is 7.65. The highest BCUT2D eigenvalue weighted by molar-refractivity contribution is 9.39. The molecule has 1 aliphatic heterocycles. The zero-order valence-electron chi connectivity index (χ0n) is 8.91. The van der Waals surface area contributed by atoms with E-state index >= 15 is 0 Å². The topological polar surface area (TPSA) is 24.5 Å². The van der Waals surface area contributed by atoms with Crippen molar-refractivity contribution >= 4 is 65.5 Å². The Morgan fingerprint density at radius 3 is 2.44 bits per heavy atom. The Kier molecular flexibility index (Phi) is 4.64. The van der Waals surface area contributed by atoms with Crippen LogP contribution in [0.3, 0.4) is 0 Å². The molecule has 0 saturated carbocycles. The van der Waals surface area contributed by atoms with Gasteiger partial charge in [-0.3, -0.25) is 5.43 Å². The monoisotopic (exact) mass is 456 g/mol. The minimum absolute atomic E-state index is 0.567. The van der Waals surface area contributed by atoms with Crippen molar-refractivity contribution in [2.24, 2.45) is 0 Å². The maximum absolute atomic E-state index is 5.81. The van der Waals surface area contributed by atoms with Crippen LogP contribution in [0.1, 0.15) is 5.56 Å². The first kappa shape index (κ1) is 14.2. The molecule has 18 heavy (non-hydrogen) atoms. The van der Waals surface area contributed by atoms with E-state index in [1.54, 1.807) is 12.4 Å². The van der Waals surface area contributed by atoms with E-state index in [2.05, 4.69) is 53.2 Å². The number of nitrogens with zero attached hydrogens (tertiary/aromatic N) is 1.